The van der Waals surface area contributed by atoms with Crippen molar-refractivity contribution in [2.24, 2.45) is 0 Å². The molecule has 1 aromatic carbocycles. The molecule has 0 aliphatic carbocycles. The van der Waals surface area contributed by atoms with Gasteiger partial charge in [-0.1, -0.05) is 29.3 Å². The summed E-state index contributed by atoms with van der Waals surface area (Å²) >= 11 is 5.48. The van der Waals surface area contributed by atoms with Gasteiger partial charge in [-0.25, -0.2) is 23.1 Å². The van der Waals surface area contributed by atoms with E-state index in [1.807, 2.05) is 0 Å². The highest BCUT2D eigenvalue weighted by atomic mass is 35.5. The Kier molecular flexibility index (Phi) is 7.04. The van der Waals surface area contributed by atoms with E-state index in [0.29, 0.717) is 0 Å². The Hall–Kier alpha value is -2.72. The average molecular weight is 471 g/mol. The number of amides is 2. The van der Waals surface area contributed by atoms with Gasteiger partial charge >= 0.3 is 0 Å². The van der Waals surface area contributed by atoms with Gasteiger partial charge in [-0.05, 0) is 32.4 Å². The molecule has 2 amide bonds. The van der Waals surface area contributed by atoms with Gasteiger partial charge < -0.3 is 10.1 Å². The summed E-state index contributed by atoms with van der Waals surface area (Å²) in [5.41, 5.74) is -3.41. The fourth-order valence-electron chi connectivity index (χ4n) is 3.51. The summed E-state index contributed by atoms with van der Waals surface area (Å²) in [7, 11) is 0. The molecule has 0 radical (unpaired) electrons. The van der Waals surface area contributed by atoms with Gasteiger partial charge in [-0.2, -0.15) is 0 Å². The number of hydrogen-bond donors (Lipinski definition) is 1. The van der Waals surface area contributed by atoms with E-state index in [0.717, 1.165) is 10.5 Å². The number of rotatable bonds is 6. The monoisotopic (exact) mass is 470 g/mol. The van der Waals surface area contributed by atoms with E-state index in [1.165, 1.54) is 37.8 Å². The second-order valence-corrected chi connectivity index (χ2v) is 8.02. The lowest BCUT2D eigenvalue weighted by Crippen LogP contribution is -2.63. The Labute approximate surface area is 187 Å². The van der Waals surface area contributed by atoms with Crippen LogP contribution in [0.25, 0.3) is 0 Å². The summed E-state index contributed by atoms with van der Waals surface area (Å²) in [6, 6.07) is 4.78. The Morgan fingerprint density at radius 1 is 1.28 bits per heavy atom. The van der Waals surface area contributed by atoms with E-state index in [9.17, 15) is 22.8 Å². The van der Waals surface area contributed by atoms with Crippen LogP contribution in [0.2, 0.25) is 0 Å². The molecule has 1 aromatic heterocycles. The molecule has 7 nitrogen and oxygen atoms in total. The molecule has 3 rings (SSSR count). The third kappa shape index (κ3) is 4.71. The molecule has 0 bridgehead atoms. The molecular weight excluding hydrogens is 449 g/mol. The van der Waals surface area contributed by atoms with Crippen molar-refractivity contribution in [2.45, 2.75) is 43.4 Å². The molecule has 0 saturated carbocycles. The van der Waals surface area contributed by atoms with Gasteiger partial charge in [-0.15, -0.1) is 0 Å². The van der Waals surface area contributed by atoms with Crippen LogP contribution >= 0.6 is 11.6 Å². The van der Waals surface area contributed by atoms with Crippen molar-refractivity contribution < 1.29 is 27.5 Å². The van der Waals surface area contributed by atoms with Crippen molar-refractivity contribution in [3.63, 3.8) is 0 Å². The van der Waals surface area contributed by atoms with Gasteiger partial charge in [0.2, 0.25) is 0 Å². The van der Waals surface area contributed by atoms with Crippen molar-refractivity contribution in [3.05, 3.63) is 54.1 Å². The minimum absolute atomic E-state index is 0.0283. The third-order valence-corrected chi connectivity index (χ3v) is 5.56. The molecule has 1 fully saturated rings. The van der Waals surface area contributed by atoms with E-state index in [4.69, 9.17) is 16.3 Å². The van der Waals surface area contributed by atoms with Gasteiger partial charge in [0.25, 0.3) is 23.4 Å². The highest BCUT2D eigenvalue weighted by molar-refractivity contribution is 6.32. The van der Waals surface area contributed by atoms with E-state index in [1.54, 1.807) is 19.1 Å². The van der Waals surface area contributed by atoms with Crippen LogP contribution in [-0.2, 0) is 19.9 Å². The highest BCUT2D eigenvalue weighted by Gasteiger charge is 2.50. The number of nitrogens with one attached hydrogen (secondary N) is 1. The number of aromatic nitrogens is 2. The number of benzene rings is 1. The smallest absolute Gasteiger partial charge is 0.290 e. The number of ether oxygens (including phenoxy) is 1. The van der Waals surface area contributed by atoms with Crippen molar-refractivity contribution in [1.29, 1.82) is 0 Å². The molecule has 32 heavy (non-hydrogen) atoms. The summed E-state index contributed by atoms with van der Waals surface area (Å²) in [4.78, 5) is 35.0. The number of anilines is 1. The van der Waals surface area contributed by atoms with Crippen LogP contribution in [0, 0.1) is 6.92 Å². The molecule has 2 aromatic rings. The molecule has 1 unspecified atom stereocenters. The number of alkyl halides is 4. The summed E-state index contributed by atoms with van der Waals surface area (Å²) in [5, 5.41) is 2.32. The Bertz CT molecular complexity index is 963. The molecule has 1 aliphatic rings. The van der Waals surface area contributed by atoms with Gasteiger partial charge in [0.15, 0.2) is 5.54 Å². The molecule has 1 aliphatic heterocycles. The van der Waals surface area contributed by atoms with Gasteiger partial charge in [0.05, 0.1) is 6.04 Å². The fourth-order valence-corrected chi connectivity index (χ4v) is 3.60. The summed E-state index contributed by atoms with van der Waals surface area (Å²) in [6.45, 7) is 2.29. The summed E-state index contributed by atoms with van der Waals surface area (Å²) in [5.74, 6) is -5.53. The maximum absolute atomic E-state index is 14.3. The van der Waals surface area contributed by atoms with Crippen LogP contribution in [-0.4, -0.2) is 52.6 Å². The predicted molar refractivity (Wildman–Crippen MR) is 111 cm³/mol. The van der Waals surface area contributed by atoms with Crippen molar-refractivity contribution in [3.8, 4) is 0 Å². The lowest BCUT2D eigenvalue weighted by molar-refractivity contribution is -0.150. The van der Waals surface area contributed by atoms with Crippen molar-refractivity contribution in [2.75, 3.05) is 18.1 Å². The standard InChI is InChI=1S/C21H22ClF3N4O3/c1-13-3-5-15(6-4-13)29(18(30)17(22)23)20(2,14-9-26-12-27-10-14)19(31)28-16-7-8-32-11-21(16,24)25/h3-6,9-10,12,16-17H,7-8,11H2,1-2H3,(H,28,31)/t16?,17-,20+/m0/s1. The van der Waals surface area contributed by atoms with Gasteiger partial charge in [0, 0.05) is 30.3 Å². The molecular formula is C21H22ClF3N4O3. The number of carbonyl (C=O) groups excluding carboxylic acids is 2. The van der Waals surface area contributed by atoms with Crippen LogP contribution in [0.1, 0.15) is 24.5 Å². The second-order valence-electron chi connectivity index (χ2n) is 7.64. The van der Waals surface area contributed by atoms with Crippen LogP contribution < -0.4 is 10.2 Å². The van der Waals surface area contributed by atoms with Crippen molar-refractivity contribution in [1.82, 2.24) is 15.3 Å². The van der Waals surface area contributed by atoms with E-state index in [-0.39, 0.29) is 24.3 Å². The second kappa shape index (κ2) is 9.41. The Morgan fingerprint density at radius 3 is 2.47 bits per heavy atom. The van der Waals surface area contributed by atoms with Gasteiger partial charge in [0.1, 0.15) is 12.9 Å². The molecule has 3 atom stereocenters. The lowest BCUT2D eigenvalue weighted by Gasteiger charge is -2.42. The maximum Gasteiger partial charge on any atom is 0.290 e. The molecule has 1 N–H and O–H groups in total. The number of nitrogens with zero attached hydrogens (tertiary/aromatic N) is 3. The molecule has 172 valence electrons. The van der Waals surface area contributed by atoms with Crippen LogP contribution in [0.3, 0.4) is 0 Å². The first kappa shape index (κ1) is 23.9. The zero-order valence-corrected chi connectivity index (χ0v) is 18.2. The Balaban J connectivity index is 2.13. The maximum atomic E-state index is 14.3. The molecule has 2 heterocycles. The van der Waals surface area contributed by atoms with E-state index < -0.39 is 41.6 Å². The summed E-state index contributed by atoms with van der Waals surface area (Å²) in [6.07, 6.45) is 3.57. The van der Waals surface area contributed by atoms with Crippen LogP contribution in [0.5, 0.6) is 0 Å². The SMILES string of the molecule is Cc1ccc(N(C(=O)[C@H](F)Cl)[C@@](C)(C(=O)NC2CCOCC2(F)F)c2cncnc2)cc1. The average Bonchev–Trinajstić information content (AvgIpc) is 2.76. The van der Waals surface area contributed by atoms with Crippen molar-refractivity contribution >= 4 is 29.1 Å². The molecule has 0 spiro atoms. The minimum atomic E-state index is -3.32. The third-order valence-electron chi connectivity index (χ3n) is 5.37. The van der Waals surface area contributed by atoms with Crippen LogP contribution in [0.4, 0.5) is 18.9 Å². The predicted octanol–water partition coefficient (Wildman–Crippen LogP) is 3.11. The normalized spacial score (nSPS) is 20.6. The first-order chi connectivity index (χ1) is 15.1. The minimum Gasteiger partial charge on any atom is -0.375 e. The fraction of sp³-hybridized carbons (Fsp3) is 0.429. The summed E-state index contributed by atoms with van der Waals surface area (Å²) < 4.78 is 47.6. The first-order valence-corrected chi connectivity index (χ1v) is 10.2. The quantitative estimate of drug-likeness (QED) is 0.656. The van der Waals surface area contributed by atoms with E-state index in [2.05, 4.69) is 15.3 Å². The Morgan fingerprint density at radius 2 is 1.91 bits per heavy atom. The molecule has 1 saturated heterocycles. The number of aryl methyl sites for hydroxylation is 1. The number of carbonyl (C=O) groups is 2. The zero-order valence-electron chi connectivity index (χ0n) is 17.4. The zero-order chi connectivity index (χ0) is 23.5. The first-order valence-electron chi connectivity index (χ1n) is 9.78. The van der Waals surface area contributed by atoms with E-state index >= 15 is 0 Å². The van der Waals surface area contributed by atoms with Gasteiger partial charge in [-0.3, -0.25) is 14.5 Å². The topological polar surface area (TPSA) is 84.4 Å². The largest absolute Gasteiger partial charge is 0.375 e. The highest BCUT2D eigenvalue weighted by Crippen LogP contribution is 2.36. The molecule has 11 heteroatoms. The number of hydrogen-bond acceptors (Lipinski definition) is 5. The number of halogens is 4. The van der Waals surface area contributed by atoms with Crippen LogP contribution in [0.15, 0.2) is 43.0 Å². The lowest BCUT2D eigenvalue weighted by atomic mass is 9.89.